The number of aromatic nitrogens is 6. The number of oxazole rings is 2. The lowest BCUT2D eigenvalue weighted by molar-refractivity contribution is -0.134. The van der Waals surface area contributed by atoms with E-state index < -0.39 is 117 Å². The predicted octanol–water partition coefficient (Wildman–Crippen LogP) is 2.04. The normalized spacial score (nSPS) is 16.1. The molecule has 0 aromatic carbocycles. The molecule has 31 nitrogen and oxygen atoms in total. The second kappa shape index (κ2) is 27.7. The summed E-state index contributed by atoms with van der Waals surface area (Å²) in [6.45, 7) is 27.1. The number of thiazole rings is 3. The van der Waals surface area contributed by atoms with Gasteiger partial charge < -0.3 is 72.2 Å². The largest absolute Gasteiger partial charge is 0.477 e. The molecular weight excluding hydrogens is 1210 g/mol. The molecule has 0 fully saturated rings. The average molecular weight is 1260 g/mol. The molecule has 7 rings (SSSR count). The number of aliphatic carboxylic acids is 1. The Balaban J connectivity index is 1.17. The van der Waals surface area contributed by atoms with E-state index >= 15 is 0 Å². The lowest BCUT2D eigenvalue weighted by Crippen LogP contribution is -2.52. The van der Waals surface area contributed by atoms with Gasteiger partial charge in [-0.25, -0.2) is 34.7 Å². The van der Waals surface area contributed by atoms with Crippen LogP contribution in [0.3, 0.4) is 0 Å². The molecule has 34 heteroatoms. The number of pyridine rings is 1. The summed E-state index contributed by atoms with van der Waals surface area (Å²) in [5.41, 5.74) is -4.36. The second-order valence-corrected chi connectivity index (χ2v) is 21.7. The first-order valence-electron chi connectivity index (χ1n) is 25.2. The van der Waals surface area contributed by atoms with Gasteiger partial charge in [-0.05, 0) is 31.9 Å². The number of aliphatic hydroxyl groups is 1. The molecule has 12 N–H and O–H groups in total. The highest BCUT2D eigenvalue weighted by Crippen LogP contribution is 2.34. The van der Waals surface area contributed by atoms with Gasteiger partial charge in [-0.2, -0.15) is 0 Å². The van der Waals surface area contributed by atoms with Gasteiger partial charge in [0.15, 0.2) is 0 Å². The molecule has 3 unspecified atom stereocenters. The molecular formula is C54H50N16O15S3. The monoisotopic (exact) mass is 1260 g/mol. The van der Waals surface area contributed by atoms with E-state index in [1.165, 1.54) is 36.8 Å². The Morgan fingerprint density at radius 3 is 2.00 bits per heavy atom. The summed E-state index contributed by atoms with van der Waals surface area (Å²) in [5, 5.41) is 45.3. The highest BCUT2D eigenvalue weighted by molar-refractivity contribution is 7.14. The number of carboxylic acid groups (broad SMARTS) is 1. The van der Waals surface area contributed by atoms with Gasteiger partial charge in [0.1, 0.15) is 71.3 Å². The van der Waals surface area contributed by atoms with Crippen LogP contribution in [0.4, 0.5) is 0 Å². The smallest absolute Gasteiger partial charge is 0.351 e. The SMILES string of the molecule is C=C(NC(=O)C(=C)NC(=O)C(=C)NC(=O)C(=C)NC(=O)c1ccc2c(n1)-c1coc(n1)C(=C)NC(=O)C(=C)NC(=O)c1cnc(s1)C(C)NC(=O)c1cnc(s1)CNC(=O)c1cnc(o1)/C(=C\C(C)C)NC(=O)C(C(C)O)NC(=O)c1csc-2n1)C(=O)O. The Hall–Kier alpha value is -11.2. The Bertz CT molecular complexity index is 4010. The van der Waals surface area contributed by atoms with E-state index in [1.807, 2.05) is 10.6 Å². The fraction of sp³-hybridized carbons (Fsp3) is 0.167. The van der Waals surface area contributed by atoms with Crippen LogP contribution in [0.5, 0.6) is 0 Å². The molecule has 454 valence electrons. The van der Waals surface area contributed by atoms with Crippen LogP contribution >= 0.6 is 34.0 Å². The summed E-state index contributed by atoms with van der Waals surface area (Å²) in [7, 11) is 0. The minimum absolute atomic E-state index is 0.0197. The van der Waals surface area contributed by atoms with Gasteiger partial charge in [0.05, 0.1) is 65.8 Å². The Morgan fingerprint density at radius 1 is 0.705 bits per heavy atom. The topological polar surface area (TPSA) is 452 Å². The molecule has 0 radical (unpaired) electrons. The molecule has 0 saturated heterocycles. The number of nitrogens with one attached hydrogen (secondary N) is 10. The first-order valence-corrected chi connectivity index (χ1v) is 27.7. The van der Waals surface area contributed by atoms with Crippen LogP contribution in [-0.2, 0) is 35.3 Å². The number of fused-ring (bicyclic) bond motifs is 13. The number of carboxylic acids is 1. The maximum Gasteiger partial charge on any atom is 0.351 e. The van der Waals surface area contributed by atoms with Crippen molar-refractivity contribution in [2.24, 2.45) is 5.92 Å². The number of hydrogen-bond acceptors (Lipinski definition) is 23. The number of carbonyl (C=O) groups excluding carboxylic acids is 10. The fourth-order valence-electron chi connectivity index (χ4n) is 7.06. The molecule has 0 saturated carbocycles. The zero-order valence-corrected chi connectivity index (χ0v) is 48.9. The van der Waals surface area contributed by atoms with Crippen molar-refractivity contribution in [3.63, 3.8) is 0 Å². The van der Waals surface area contributed by atoms with E-state index in [4.69, 9.17) is 13.9 Å². The number of hydrogen-bond donors (Lipinski definition) is 12. The minimum Gasteiger partial charge on any atom is -0.477 e. The standard InChI is InChI=1S/C54H50N16O15S3/c1-20(2)13-31-51-57-14-34(85-51)46(78)56-17-37-55-15-35(87-37)47(79)64-26(8)52-58-16-36(88-52)48(80)62-24(6)42(74)63-25(7)50-68-32(18-84-50)39-29(53-69-33(19-86-53)45(77)70-38(28(10)71)49(81)67-31)11-12-30(66-39)44(76)61-23(5)41(73)59-21(3)40(72)60-22(4)43(75)65-27(9)54(82)83/h11-16,18-20,26,28,38,71H,3-7,9,17H2,1-2,8,10H3,(H,56,78)(H,59,73)(H,60,72)(H,61,76)(H,62,80)(H,63,74)(H,64,79)(H,65,75)(H,67,81)(H,70,77)(H,82,83)/b31-13+. The molecule has 7 heterocycles. The molecule has 6 aromatic rings. The Labute approximate surface area is 508 Å². The van der Waals surface area contributed by atoms with Gasteiger partial charge in [0.25, 0.3) is 53.2 Å². The van der Waals surface area contributed by atoms with Gasteiger partial charge in [-0.3, -0.25) is 47.9 Å². The third kappa shape index (κ3) is 15.9. The molecule has 1 aliphatic heterocycles. The van der Waals surface area contributed by atoms with Crippen LogP contribution in [0, 0.1) is 5.92 Å². The Morgan fingerprint density at radius 2 is 1.34 bits per heavy atom. The van der Waals surface area contributed by atoms with Crippen molar-refractivity contribution >= 4 is 110 Å². The van der Waals surface area contributed by atoms with Crippen molar-refractivity contribution < 1.29 is 71.8 Å². The van der Waals surface area contributed by atoms with E-state index in [0.717, 1.165) is 46.5 Å². The van der Waals surface area contributed by atoms with Crippen LogP contribution in [0.25, 0.3) is 33.4 Å². The van der Waals surface area contributed by atoms with Crippen LogP contribution < -0.4 is 53.2 Å². The molecule has 6 aromatic heterocycles. The third-order valence-electron chi connectivity index (χ3n) is 11.5. The molecule has 0 spiro atoms. The van der Waals surface area contributed by atoms with Crippen molar-refractivity contribution in [2.45, 2.75) is 52.4 Å². The van der Waals surface area contributed by atoms with Crippen molar-refractivity contribution in [3.8, 4) is 22.0 Å². The van der Waals surface area contributed by atoms with Crippen molar-refractivity contribution in [1.82, 2.24) is 83.1 Å². The fourth-order valence-corrected chi connectivity index (χ4v) is 9.46. The molecule has 0 aliphatic carbocycles. The Kier molecular flexibility index (Phi) is 20.2. The second-order valence-electron chi connectivity index (χ2n) is 18.7. The number of carbonyl (C=O) groups is 11. The number of rotatable bonds is 11. The molecule has 3 atom stereocenters. The van der Waals surface area contributed by atoms with Crippen molar-refractivity contribution in [3.05, 3.63) is 165 Å². The van der Waals surface area contributed by atoms with Crippen LogP contribution in [-0.4, -0.2) is 117 Å². The van der Waals surface area contributed by atoms with Crippen LogP contribution in [0.15, 0.2) is 125 Å². The van der Waals surface area contributed by atoms with Crippen LogP contribution in [0.1, 0.15) is 106 Å². The zero-order chi connectivity index (χ0) is 64.4. The highest BCUT2D eigenvalue weighted by atomic mass is 32.1. The summed E-state index contributed by atoms with van der Waals surface area (Å²) in [6.07, 6.45) is 4.73. The quantitative estimate of drug-likeness (QED) is 0.0826. The average Bonchev–Trinajstić information content (AvgIpc) is 2.61. The summed E-state index contributed by atoms with van der Waals surface area (Å²) < 4.78 is 11.4. The van der Waals surface area contributed by atoms with Gasteiger partial charge in [-0.1, -0.05) is 59.4 Å². The summed E-state index contributed by atoms with van der Waals surface area (Å²) >= 11 is 2.78. The van der Waals surface area contributed by atoms with Crippen molar-refractivity contribution in [2.75, 3.05) is 0 Å². The summed E-state index contributed by atoms with van der Waals surface area (Å²) in [4.78, 5) is 170. The number of aliphatic hydroxyl groups excluding tert-OH is 1. The zero-order valence-electron chi connectivity index (χ0n) is 46.5. The van der Waals surface area contributed by atoms with E-state index in [1.54, 1.807) is 26.8 Å². The van der Waals surface area contributed by atoms with Gasteiger partial charge >= 0.3 is 5.97 Å². The maximum absolute atomic E-state index is 13.9. The first-order chi connectivity index (χ1) is 41.6. The predicted molar refractivity (Wildman–Crippen MR) is 312 cm³/mol. The lowest BCUT2D eigenvalue weighted by atomic mass is 10.1. The van der Waals surface area contributed by atoms with Gasteiger partial charge in [0, 0.05) is 10.9 Å². The third-order valence-corrected chi connectivity index (χ3v) is 14.5. The van der Waals surface area contributed by atoms with E-state index in [9.17, 15) is 57.8 Å². The van der Waals surface area contributed by atoms with E-state index in [2.05, 4.69) is 112 Å². The number of allylic oxidation sites excluding steroid dienone is 1. The molecule has 10 bridgehead atoms. The highest BCUT2D eigenvalue weighted by Gasteiger charge is 2.31. The maximum atomic E-state index is 13.9. The number of nitrogens with zero attached hydrogens (tertiary/aromatic N) is 6. The molecule has 88 heavy (non-hydrogen) atoms. The van der Waals surface area contributed by atoms with Gasteiger partial charge in [-0.15, -0.1) is 34.0 Å². The van der Waals surface area contributed by atoms with Gasteiger partial charge in [0.2, 0.25) is 23.4 Å². The first kappa shape index (κ1) is 64.3. The summed E-state index contributed by atoms with van der Waals surface area (Å²) in [6, 6.07) is 0.153. The lowest BCUT2D eigenvalue weighted by Gasteiger charge is -2.21. The number of amides is 10. The molecule has 1 aliphatic rings. The van der Waals surface area contributed by atoms with Crippen molar-refractivity contribution in [1.29, 1.82) is 0 Å². The van der Waals surface area contributed by atoms with E-state index in [0.29, 0.717) is 10.0 Å². The van der Waals surface area contributed by atoms with Crippen LogP contribution in [0.2, 0.25) is 0 Å². The minimum atomic E-state index is -1.64. The summed E-state index contributed by atoms with van der Waals surface area (Å²) in [5.74, 6) is -12.1. The van der Waals surface area contributed by atoms with E-state index in [-0.39, 0.29) is 78.8 Å². The molecule has 10 amide bonds.